The fourth-order valence-electron chi connectivity index (χ4n) is 3.54. The predicted octanol–water partition coefficient (Wildman–Crippen LogP) is 4.26. The second-order valence-electron chi connectivity index (χ2n) is 7.20. The molecule has 1 aromatic carbocycles. The van der Waals surface area contributed by atoms with E-state index in [-0.39, 0.29) is 0 Å². The highest BCUT2D eigenvalue weighted by Crippen LogP contribution is 2.30. The van der Waals surface area contributed by atoms with Crippen LogP contribution < -0.4 is 10.6 Å². The molecule has 1 aliphatic heterocycles. The van der Waals surface area contributed by atoms with Gasteiger partial charge in [0.05, 0.1) is 11.8 Å². The van der Waals surface area contributed by atoms with Crippen molar-refractivity contribution in [1.29, 1.82) is 0 Å². The molecule has 0 radical (unpaired) electrons. The van der Waals surface area contributed by atoms with Crippen molar-refractivity contribution in [1.82, 2.24) is 20.2 Å². The number of para-hydroxylation sites is 1. The predicted molar refractivity (Wildman–Crippen MR) is 111 cm³/mol. The molecule has 1 aliphatic rings. The van der Waals surface area contributed by atoms with Crippen molar-refractivity contribution in [2.75, 3.05) is 23.8 Å². The number of nitrogens with one attached hydrogen (secondary N) is 3. The summed E-state index contributed by atoms with van der Waals surface area (Å²) in [6, 6.07) is 12.1. The first-order chi connectivity index (χ1) is 14.2. The van der Waals surface area contributed by atoms with Crippen LogP contribution in [0.1, 0.15) is 18.5 Å². The van der Waals surface area contributed by atoms with E-state index in [2.05, 4.69) is 20.8 Å². The van der Waals surface area contributed by atoms with Gasteiger partial charge in [-0.2, -0.15) is 5.10 Å². The number of hydrogen-bond acceptors (Lipinski definition) is 7. The van der Waals surface area contributed by atoms with Gasteiger partial charge in [0, 0.05) is 42.5 Å². The summed E-state index contributed by atoms with van der Waals surface area (Å²) in [7, 11) is 0. The van der Waals surface area contributed by atoms with E-state index in [0.717, 1.165) is 54.1 Å². The zero-order valence-corrected chi connectivity index (χ0v) is 16.1. The molecule has 0 atom stereocenters. The van der Waals surface area contributed by atoms with Crippen LogP contribution in [0.15, 0.2) is 47.1 Å². The third-order valence-corrected chi connectivity index (χ3v) is 4.98. The fourth-order valence-corrected chi connectivity index (χ4v) is 3.54. The molecule has 3 N–H and O–H groups in total. The van der Waals surface area contributed by atoms with Gasteiger partial charge in [-0.15, -0.1) is 0 Å². The van der Waals surface area contributed by atoms with Crippen LogP contribution in [0, 0.1) is 6.92 Å². The topological polar surface area (TPSA) is 101 Å². The van der Waals surface area contributed by atoms with E-state index < -0.39 is 0 Å². The molecule has 0 spiro atoms. The maximum atomic E-state index is 5.70. The molecule has 4 heterocycles. The second-order valence-corrected chi connectivity index (χ2v) is 7.20. The minimum atomic E-state index is 0.325. The van der Waals surface area contributed by atoms with Crippen molar-refractivity contribution in [2.45, 2.75) is 25.8 Å². The molecule has 1 fully saturated rings. The number of rotatable bonds is 5. The van der Waals surface area contributed by atoms with Gasteiger partial charge in [0.2, 0.25) is 0 Å². The number of furan rings is 1. The van der Waals surface area contributed by atoms with Crippen LogP contribution in [0.3, 0.4) is 0 Å². The molecule has 4 aromatic rings. The molecule has 8 heteroatoms. The molecule has 5 rings (SSSR count). The highest BCUT2D eigenvalue weighted by atomic mass is 16.5. The first-order valence-corrected chi connectivity index (χ1v) is 9.73. The Kier molecular flexibility index (Phi) is 4.61. The van der Waals surface area contributed by atoms with Gasteiger partial charge in [0.15, 0.2) is 11.6 Å². The number of hydrogen-bond donors (Lipinski definition) is 3. The summed E-state index contributed by atoms with van der Waals surface area (Å²) in [5.74, 6) is 2.73. The van der Waals surface area contributed by atoms with Gasteiger partial charge < -0.3 is 19.8 Å². The normalized spacial score (nSPS) is 14.9. The van der Waals surface area contributed by atoms with Crippen molar-refractivity contribution in [2.24, 2.45) is 0 Å². The SMILES string of the molecule is Cc1cc(Nc2cc(NC3CCOCC3)nc(-c3cccc4ccoc34)n2)n[nH]1. The zero-order chi connectivity index (χ0) is 19.6. The van der Waals surface area contributed by atoms with E-state index >= 15 is 0 Å². The smallest absolute Gasteiger partial charge is 0.167 e. The van der Waals surface area contributed by atoms with Crippen LogP contribution in [0.2, 0.25) is 0 Å². The Morgan fingerprint density at radius 1 is 1.03 bits per heavy atom. The molecular weight excluding hydrogens is 368 g/mol. The number of fused-ring (bicyclic) bond motifs is 1. The Balaban J connectivity index is 1.54. The average molecular weight is 390 g/mol. The summed E-state index contributed by atoms with van der Waals surface area (Å²) in [6.45, 7) is 3.48. The maximum absolute atomic E-state index is 5.70. The van der Waals surface area contributed by atoms with Crippen LogP contribution in [0.4, 0.5) is 17.5 Å². The summed E-state index contributed by atoms with van der Waals surface area (Å²) in [5, 5.41) is 15.0. The summed E-state index contributed by atoms with van der Waals surface area (Å²) >= 11 is 0. The molecule has 3 aromatic heterocycles. The number of anilines is 3. The lowest BCUT2D eigenvalue weighted by molar-refractivity contribution is 0.0904. The van der Waals surface area contributed by atoms with E-state index in [1.54, 1.807) is 6.26 Å². The number of nitrogens with zero attached hydrogens (tertiary/aromatic N) is 3. The summed E-state index contributed by atoms with van der Waals surface area (Å²) in [6.07, 6.45) is 3.59. The lowest BCUT2D eigenvalue weighted by atomic mass is 10.1. The number of H-pyrrole nitrogens is 1. The molecule has 0 bridgehead atoms. The summed E-state index contributed by atoms with van der Waals surface area (Å²) in [5.41, 5.74) is 2.60. The van der Waals surface area contributed by atoms with Gasteiger partial charge in [-0.25, -0.2) is 9.97 Å². The van der Waals surface area contributed by atoms with Gasteiger partial charge in [0.1, 0.15) is 17.2 Å². The van der Waals surface area contributed by atoms with Crippen molar-refractivity contribution >= 4 is 28.4 Å². The lowest BCUT2D eigenvalue weighted by Crippen LogP contribution is -2.28. The monoisotopic (exact) mass is 390 g/mol. The van der Waals surface area contributed by atoms with Crippen LogP contribution in [0.25, 0.3) is 22.4 Å². The van der Waals surface area contributed by atoms with Crippen LogP contribution >= 0.6 is 0 Å². The third-order valence-electron chi connectivity index (χ3n) is 4.98. The average Bonchev–Trinajstić information content (AvgIpc) is 3.37. The van der Waals surface area contributed by atoms with E-state index in [9.17, 15) is 0 Å². The van der Waals surface area contributed by atoms with E-state index in [1.165, 1.54) is 0 Å². The maximum Gasteiger partial charge on any atom is 0.167 e. The summed E-state index contributed by atoms with van der Waals surface area (Å²) in [4.78, 5) is 9.51. The molecule has 0 amide bonds. The van der Waals surface area contributed by atoms with Crippen molar-refractivity contribution in [3.05, 3.63) is 48.4 Å². The Labute approximate surface area is 167 Å². The largest absolute Gasteiger partial charge is 0.464 e. The first kappa shape index (κ1) is 17.7. The first-order valence-electron chi connectivity index (χ1n) is 9.73. The summed E-state index contributed by atoms with van der Waals surface area (Å²) < 4.78 is 11.2. The number of aromatic nitrogens is 4. The number of aromatic amines is 1. The van der Waals surface area contributed by atoms with Crippen LogP contribution in [-0.4, -0.2) is 39.4 Å². The lowest BCUT2D eigenvalue weighted by Gasteiger charge is -2.24. The van der Waals surface area contributed by atoms with E-state index in [4.69, 9.17) is 19.1 Å². The van der Waals surface area contributed by atoms with E-state index in [0.29, 0.717) is 23.5 Å². The highest BCUT2D eigenvalue weighted by Gasteiger charge is 2.17. The quantitative estimate of drug-likeness (QED) is 0.468. The van der Waals surface area contributed by atoms with Crippen molar-refractivity contribution in [3.63, 3.8) is 0 Å². The Hall–Kier alpha value is -3.39. The molecule has 148 valence electrons. The van der Waals surface area contributed by atoms with Gasteiger partial charge in [-0.1, -0.05) is 12.1 Å². The van der Waals surface area contributed by atoms with Crippen LogP contribution in [0.5, 0.6) is 0 Å². The van der Waals surface area contributed by atoms with Gasteiger partial charge >= 0.3 is 0 Å². The van der Waals surface area contributed by atoms with Gasteiger partial charge in [-0.05, 0) is 31.9 Å². The molecule has 0 unspecified atom stereocenters. The molecule has 0 aliphatic carbocycles. The molecular formula is C21H22N6O2. The van der Waals surface area contributed by atoms with Gasteiger partial charge in [-0.3, -0.25) is 5.10 Å². The molecule has 8 nitrogen and oxygen atoms in total. The molecule has 29 heavy (non-hydrogen) atoms. The molecule has 1 saturated heterocycles. The zero-order valence-electron chi connectivity index (χ0n) is 16.1. The second kappa shape index (κ2) is 7.56. The Morgan fingerprint density at radius 2 is 1.90 bits per heavy atom. The van der Waals surface area contributed by atoms with E-state index in [1.807, 2.05) is 43.3 Å². The highest BCUT2D eigenvalue weighted by molar-refractivity contribution is 5.90. The number of aryl methyl sites for hydroxylation is 1. The standard InChI is InChI=1S/C21H22N6O2/c1-13-11-19(27-26-13)23-18-12-17(22-15-6-8-28-9-7-15)24-21(25-18)16-4-2-3-14-5-10-29-20(14)16/h2-5,10-12,15H,6-9H2,1H3,(H3,22,23,24,25,26,27). The number of benzene rings is 1. The minimum absolute atomic E-state index is 0.325. The fraction of sp³-hybridized carbons (Fsp3) is 0.286. The van der Waals surface area contributed by atoms with Crippen molar-refractivity contribution < 1.29 is 9.15 Å². The Bertz CT molecular complexity index is 1130. The number of ether oxygens (including phenoxy) is 1. The van der Waals surface area contributed by atoms with Crippen molar-refractivity contribution in [3.8, 4) is 11.4 Å². The minimum Gasteiger partial charge on any atom is -0.464 e. The third kappa shape index (κ3) is 3.79. The molecule has 0 saturated carbocycles. The Morgan fingerprint density at radius 3 is 2.72 bits per heavy atom. The van der Waals surface area contributed by atoms with Gasteiger partial charge in [0.25, 0.3) is 0 Å². The van der Waals surface area contributed by atoms with Crippen LogP contribution in [-0.2, 0) is 4.74 Å².